The first-order valence-corrected chi connectivity index (χ1v) is 9.46. The molecular weight excluding hydrogens is 332 g/mol. The molecule has 1 N–H and O–H groups in total. The summed E-state index contributed by atoms with van der Waals surface area (Å²) in [6.07, 6.45) is 9.87. The molecule has 2 heterocycles. The standard InChI is InChI=1S/C23H25N4/c1-16-14-18(3)26(24-16)23(27-19(4)15-17(2)25-27)22(21-12-8-9-13-21)20-10-6-5-7-11-20/h5-12,14-15,21-23H,1-4H3/p+1/t21?,22-/m1/s1. The van der Waals surface area contributed by atoms with E-state index in [4.69, 9.17) is 5.10 Å². The summed E-state index contributed by atoms with van der Waals surface area (Å²) >= 11 is 0. The van der Waals surface area contributed by atoms with Crippen molar-refractivity contribution in [3.63, 3.8) is 0 Å². The molecule has 1 aliphatic rings. The Kier molecular flexibility index (Phi) is 4.56. The van der Waals surface area contributed by atoms with Gasteiger partial charge in [0, 0.05) is 24.6 Å². The van der Waals surface area contributed by atoms with Crippen LogP contribution in [-0.2, 0) is 0 Å². The third-order valence-electron chi connectivity index (χ3n) is 5.26. The molecule has 2 aromatic heterocycles. The monoisotopic (exact) mass is 358 g/mol. The molecule has 0 saturated heterocycles. The normalized spacial score (nSPS) is 16.1. The average Bonchev–Trinajstić information content (AvgIpc) is 3.35. The predicted octanol–water partition coefficient (Wildman–Crippen LogP) is 4.11. The molecule has 27 heavy (non-hydrogen) atoms. The van der Waals surface area contributed by atoms with Crippen LogP contribution in [0.5, 0.6) is 0 Å². The van der Waals surface area contributed by atoms with Gasteiger partial charge in [0.05, 0.1) is 17.3 Å². The second kappa shape index (κ2) is 7.03. The van der Waals surface area contributed by atoms with Crippen molar-refractivity contribution in [2.45, 2.75) is 39.8 Å². The third-order valence-corrected chi connectivity index (χ3v) is 5.26. The number of nitrogens with one attached hydrogen (secondary N) is 1. The van der Waals surface area contributed by atoms with Gasteiger partial charge in [-0.25, -0.2) is 4.68 Å². The van der Waals surface area contributed by atoms with E-state index in [1.54, 1.807) is 0 Å². The Morgan fingerprint density at radius 3 is 2.44 bits per heavy atom. The summed E-state index contributed by atoms with van der Waals surface area (Å²) in [5, 5.41) is 8.42. The van der Waals surface area contributed by atoms with Gasteiger partial charge in [-0.1, -0.05) is 53.2 Å². The minimum absolute atomic E-state index is 0.0107. The van der Waals surface area contributed by atoms with E-state index < -0.39 is 0 Å². The van der Waals surface area contributed by atoms with Crippen LogP contribution >= 0.6 is 0 Å². The van der Waals surface area contributed by atoms with Crippen molar-refractivity contribution in [3.05, 3.63) is 95.1 Å². The average molecular weight is 358 g/mol. The fraction of sp³-hybridized carbons (Fsp3) is 0.304. The maximum Gasteiger partial charge on any atom is 0.283 e. The first-order chi connectivity index (χ1) is 13.0. The molecule has 0 spiro atoms. The van der Waals surface area contributed by atoms with Gasteiger partial charge in [0.2, 0.25) is 5.69 Å². The van der Waals surface area contributed by atoms with E-state index in [1.807, 2.05) is 6.08 Å². The lowest BCUT2D eigenvalue weighted by Gasteiger charge is -2.27. The molecule has 0 aliphatic heterocycles. The van der Waals surface area contributed by atoms with Crippen molar-refractivity contribution in [1.82, 2.24) is 14.9 Å². The maximum absolute atomic E-state index is 4.87. The van der Waals surface area contributed by atoms with Gasteiger partial charge in [0.1, 0.15) is 0 Å². The molecule has 4 rings (SSSR count). The van der Waals surface area contributed by atoms with Gasteiger partial charge in [-0.05, 0) is 38.5 Å². The molecule has 0 fully saturated rings. The van der Waals surface area contributed by atoms with Gasteiger partial charge in [-0.15, -0.1) is 0 Å². The Morgan fingerprint density at radius 1 is 1.11 bits per heavy atom. The molecule has 3 aromatic rings. The van der Waals surface area contributed by atoms with Gasteiger partial charge in [-0.3, -0.25) is 0 Å². The minimum Gasteiger partial charge on any atom is -0.204 e. The zero-order valence-electron chi connectivity index (χ0n) is 16.3. The molecule has 0 bridgehead atoms. The van der Waals surface area contributed by atoms with Crippen molar-refractivity contribution in [3.8, 4) is 0 Å². The molecule has 1 aromatic carbocycles. The molecule has 0 amide bonds. The number of hydrogen-bond acceptors (Lipinski definition) is 1. The maximum atomic E-state index is 4.87. The molecule has 4 nitrogen and oxygen atoms in total. The van der Waals surface area contributed by atoms with Crippen molar-refractivity contribution >= 4 is 0 Å². The predicted molar refractivity (Wildman–Crippen MR) is 106 cm³/mol. The Labute approximate surface area is 160 Å². The van der Waals surface area contributed by atoms with Crippen LogP contribution in [0.2, 0.25) is 0 Å². The van der Waals surface area contributed by atoms with Crippen LogP contribution in [0.25, 0.3) is 0 Å². The zero-order chi connectivity index (χ0) is 19.0. The quantitative estimate of drug-likeness (QED) is 0.685. The molecule has 137 valence electrons. The number of aromatic nitrogens is 4. The third kappa shape index (κ3) is 3.27. The molecule has 3 atom stereocenters. The first-order valence-electron chi connectivity index (χ1n) is 9.46. The van der Waals surface area contributed by atoms with Crippen LogP contribution in [-0.4, -0.2) is 14.9 Å². The number of nitrogens with zero attached hydrogens (tertiary/aromatic N) is 3. The number of aromatic amines is 1. The number of hydrogen-bond donors (Lipinski definition) is 1. The molecule has 4 heteroatoms. The fourth-order valence-electron chi connectivity index (χ4n) is 4.17. The highest BCUT2D eigenvalue weighted by molar-refractivity contribution is 5.27. The van der Waals surface area contributed by atoms with Gasteiger partial charge in [0.15, 0.2) is 0 Å². The number of H-pyrrole nitrogens is 1. The van der Waals surface area contributed by atoms with Crippen molar-refractivity contribution in [2.24, 2.45) is 5.92 Å². The number of aryl methyl sites for hydroxylation is 4. The molecule has 0 saturated carbocycles. The number of benzene rings is 1. The van der Waals surface area contributed by atoms with E-state index in [0.29, 0.717) is 0 Å². The van der Waals surface area contributed by atoms with Crippen LogP contribution in [0.3, 0.4) is 0 Å². The van der Waals surface area contributed by atoms with Crippen molar-refractivity contribution < 1.29 is 4.68 Å². The topological polar surface area (TPSA) is 37.5 Å². The highest BCUT2D eigenvalue weighted by Gasteiger charge is 2.41. The lowest BCUT2D eigenvalue weighted by molar-refractivity contribution is -0.788. The summed E-state index contributed by atoms with van der Waals surface area (Å²) in [5.41, 5.74) is 5.81. The van der Waals surface area contributed by atoms with E-state index in [1.165, 1.54) is 11.3 Å². The SMILES string of the molecule is Cc1cc(C)n(C([C@H](c2ccccc2)C2[C]=CC=C2)[n+]2[nH]c(C)cc2C)n1. The molecule has 2 unspecified atom stereocenters. The van der Waals surface area contributed by atoms with E-state index in [0.717, 1.165) is 17.1 Å². The zero-order valence-corrected chi connectivity index (χ0v) is 16.3. The summed E-state index contributed by atoms with van der Waals surface area (Å²) in [5.74, 6) is 0.359. The van der Waals surface area contributed by atoms with Crippen LogP contribution in [0.15, 0.2) is 60.7 Å². The second-order valence-electron chi connectivity index (χ2n) is 7.42. The summed E-state index contributed by atoms with van der Waals surface area (Å²) in [4.78, 5) is 0. The Balaban J connectivity index is 1.94. The second-order valence-corrected chi connectivity index (χ2v) is 7.42. The Morgan fingerprint density at radius 2 is 1.89 bits per heavy atom. The van der Waals surface area contributed by atoms with E-state index in [9.17, 15) is 0 Å². The molecule has 1 aliphatic carbocycles. The van der Waals surface area contributed by atoms with E-state index in [2.05, 4.69) is 103 Å². The molecule has 1 radical (unpaired) electrons. The smallest absolute Gasteiger partial charge is 0.204 e. The van der Waals surface area contributed by atoms with Crippen LogP contribution in [0.4, 0.5) is 0 Å². The van der Waals surface area contributed by atoms with Crippen LogP contribution in [0, 0.1) is 39.7 Å². The summed E-state index contributed by atoms with van der Waals surface area (Å²) in [6, 6.07) is 15.0. The Bertz CT molecular complexity index is 933. The van der Waals surface area contributed by atoms with Crippen molar-refractivity contribution in [2.75, 3.05) is 0 Å². The van der Waals surface area contributed by atoms with E-state index >= 15 is 0 Å². The summed E-state index contributed by atoms with van der Waals surface area (Å²) in [7, 11) is 0. The van der Waals surface area contributed by atoms with Crippen molar-refractivity contribution in [1.29, 1.82) is 0 Å². The lowest BCUT2D eigenvalue weighted by atomic mass is 9.84. The summed E-state index contributed by atoms with van der Waals surface area (Å²) in [6.45, 7) is 8.43. The lowest BCUT2D eigenvalue weighted by Crippen LogP contribution is -2.52. The van der Waals surface area contributed by atoms with Gasteiger partial charge < -0.3 is 0 Å². The Hall–Kier alpha value is -2.88. The van der Waals surface area contributed by atoms with E-state index in [-0.39, 0.29) is 18.0 Å². The van der Waals surface area contributed by atoms with Gasteiger partial charge in [0.25, 0.3) is 6.17 Å². The minimum atomic E-state index is -0.0107. The largest absolute Gasteiger partial charge is 0.283 e. The molecular formula is C23H26N4+. The van der Waals surface area contributed by atoms with Gasteiger partial charge >= 0.3 is 0 Å². The summed E-state index contributed by atoms with van der Waals surface area (Å²) < 4.78 is 4.41. The first kappa shape index (κ1) is 17.5. The van der Waals surface area contributed by atoms with Crippen LogP contribution < -0.4 is 4.68 Å². The van der Waals surface area contributed by atoms with Gasteiger partial charge in [-0.2, -0.15) is 10.2 Å². The van der Waals surface area contributed by atoms with Crippen LogP contribution in [0.1, 0.15) is 40.4 Å². The number of allylic oxidation sites excluding steroid dienone is 4. The highest BCUT2D eigenvalue weighted by atomic mass is 15.5. The fourth-order valence-corrected chi connectivity index (χ4v) is 4.17. The highest BCUT2D eigenvalue weighted by Crippen LogP contribution is 2.37. The number of rotatable bonds is 5.